The molecule has 30 heavy (non-hydrogen) atoms. The van der Waals surface area contributed by atoms with E-state index in [1.165, 1.54) is 11.8 Å². The van der Waals surface area contributed by atoms with E-state index in [0.717, 1.165) is 16.8 Å². The minimum Gasteiger partial charge on any atom is -0.463 e. The zero-order valence-electron chi connectivity index (χ0n) is 16.6. The fraction of sp³-hybridized carbons (Fsp3) is 0.182. The van der Waals surface area contributed by atoms with Crippen molar-refractivity contribution >= 4 is 23.4 Å². The van der Waals surface area contributed by atoms with Gasteiger partial charge in [0.1, 0.15) is 5.69 Å². The zero-order valence-corrected chi connectivity index (χ0v) is 17.4. The molecule has 1 amide bonds. The fourth-order valence-corrected chi connectivity index (χ4v) is 3.58. The molecule has 0 radical (unpaired) electrons. The summed E-state index contributed by atoms with van der Waals surface area (Å²) in [5.74, 6) is 1.61. The van der Waals surface area contributed by atoms with Gasteiger partial charge in [0.15, 0.2) is 17.2 Å². The minimum absolute atomic E-state index is 0.0531. The van der Waals surface area contributed by atoms with E-state index in [-0.39, 0.29) is 5.91 Å². The topological polar surface area (TPSA) is 94.1 Å². The van der Waals surface area contributed by atoms with E-state index in [9.17, 15) is 4.79 Å². The van der Waals surface area contributed by atoms with Crippen LogP contribution < -0.4 is 5.32 Å². The SMILES string of the molecule is Cc1ccc(C)c(NC(=O)CCSc2nnc(-c3ccco3)c(-c3ccco3)n2)c1. The Morgan fingerprint density at radius 3 is 2.43 bits per heavy atom. The van der Waals surface area contributed by atoms with Crippen molar-refractivity contribution in [2.24, 2.45) is 0 Å². The summed E-state index contributed by atoms with van der Waals surface area (Å²) in [6, 6.07) is 13.2. The number of aromatic nitrogens is 3. The second kappa shape index (κ2) is 8.96. The molecule has 4 rings (SSSR count). The summed E-state index contributed by atoms with van der Waals surface area (Å²) >= 11 is 1.37. The van der Waals surface area contributed by atoms with E-state index in [4.69, 9.17) is 8.83 Å². The minimum atomic E-state index is -0.0531. The third-order valence-electron chi connectivity index (χ3n) is 4.40. The second-order valence-corrected chi connectivity index (χ2v) is 7.77. The molecule has 0 spiro atoms. The summed E-state index contributed by atoms with van der Waals surface area (Å²) in [6.07, 6.45) is 3.48. The lowest BCUT2D eigenvalue weighted by atomic mass is 10.1. The van der Waals surface area contributed by atoms with Crippen LogP contribution in [0.15, 0.2) is 69.0 Å². The van der Waals surface area contributed by atoms with Crippen LogP contribution in [-0.4, -0.2) is 26.8 Å². The Balaban J connectivity index is 1.43. The maximum absolute atomic E-state index is 12.3. The van der Waals surface area contributed by atoms with Gasteiger partial charge in [0.05, 0.1) is 12.5 Å². The molecule has 3 heterocycles. The maximum atomic E-state index is 12.3. The maximum Gasteiger partial charge on any atom is 0.225 e. The van der Waals surface area contributed by atoms with Gasteiger partial charge in [-0.1, -0.05) is 23.9 Å². The lowest BCUT2D eigenvalue weighted by Crippen LogP contribution is -2.13. The fourth-order valence-electron chi connectivity index (χ4n) is 2.85. The lowest BCUT2D eigenvalue weighted by Gasteiger charge is -2.09. The van der Waals surface area contributed by atoms with Crippen LogP contribution in [0.4, 0.5) is 5.69 Å². The number of nitrogens with zero attached hydrogens (tertiary/aromatic N) is 3. The van der Waals surface area contributed by atoms with Crippen molar-refractivity contribution in [2.45, 2.75) is 25.4 Å². The quantitative estimate of drug-likeness (QED) is 0.414. The van der Waals surface area contributed by atoms with Crippen LogP contribution in [0.5, 0.6) is 0 Å². The van der Waals surface area contributed by atoms with Crippen molar-refractivity contribution in [3.05, 3.63) is 66.1 Å². The second-order valence-electron chi connectivity index (χ2n) is 6.71. The molecule has 0 fully saturated rings. The molecule has 0 bridgehead atoms. The van der Waals surface area contributed by atoms with Crippen LogP contribution in [0.3, 0.4) is 0 Å². The molecule has 152 valence electrons. The Kier molecular flexibility index (Phi) is 5.94. The van der Waals surface area contributed by atoms with Gasteiger partial charge >= 0.3 is 0 Å². The number of benzene rings is 1. The van der Waals surface area contributed by atoms with Crippen LogP contribution >= 0.6 is 11.8 Å². The summed E-state index contributed by atoms with van der Waals surface area (Å²) in [4.78, 5) is 16.9. The Bertz CT molecular complexity index is 1140. The average molecular weight is 420 g/mol. The molecule has 0 saturated heterocycles. The molecule has 7 nitrogen and oxygen atoms in total. The highest BCUT2D eigenvalue weighted by molar-refractivity contribution is 7.99. The number of rotatable bonds is 7. The number of thioether (sulfide) groups is 1. The van der Waals surface area contributed by atoms with Gasteiger partial charge < -0.3 is 14.2 Å². The van der Waals surface area contributed by atoms with Gasteiger partial charge in [-0.3, -0.25) is 4.79 Å². The van der Waals surface area contributed by atoms with E-state index >= 15 is 0 Å². The number of aryl methyl sites for hydroxylation is 2. The third-order valence-corrected chi connectivity index (χ3v) is 5.24. The van der Waals surface area contributed by atoms with Gasteiger partial charge in [-0.25, -0.2) is 4.98 Å². The van der Waals surface area contributed by atoms with Crippen LogP contribution in [0.1, 0.15) is 17.5 Å². The van der Waals surface area contributed by atoms with E-state index in [2.05, 4.69) is 20.5 Å². The van der Waals surface area contributed by atoms with Crippen molar-refractivity contribution in [1.82, 2.24) is 15.2 Å². The van der Waals surface area contributed by atoms with E-state index < -0.39 is 0 Å². The average Bonchev–Trinajstić information content (AvgIpc) is 3.45. The summed E-state index contributed by atoms with van der Waals surface area (Å²) in [6.45, 7) is 3.97. The number of hydrogen-bond acceptors (Lipinski definition) is 7. The van der Waals surface area contributed by atoms with E-state index in [0.29, 0.717) is 40.2 Å². The molecule has 1 aromatic carbocycles. The van der Waals surface area contributed by atoms with Crippen molar-refractivity contribution in [1.29, 1.82) is 0 Å². The summed E-state index contributed by atoms with van der Waals surface area (Å²) < 4.78 is 10.9. The molecule has 1 N–H and O–H groups in total. The molecular weight excluding hydrogens is 400 g/mol. The predicted octanol–water partition coefficient (Wildman–Crippen LogP) is 5.13. The largest absolute Gasteiger partial charge is 0.463 e. The highest BCUT2D eigenvalue weighted by Crippen LogP contribution is 2.30. The van der Waals surface area contributed by atoms with Gasteiger partial charge in [0.2, 0.25) is 11.1 Å². The molecule has 0 atom stereocenters. The van der Waals surface area contributed by atoms with Gasteiger partial charge in [-0.2, -0.15) is 0 Å². The molecule has 0 aliphatic heterocycles. The van der Waals surface area contributed by atoms with Crippen molar-refractivity contribution < 1.29 is 13.6 Å². The summed E-state index contributed by atoms with van der Waals surface area (Å²) in [5, 5.41) is 11.9. The molecule has 0 unspecified atom stereocenters. The molecule has 3 aromatic heterocycles. The number of amides is 1. The van der Waals surface area contributed by atoms with Crippen molar-refractivity contribution in [3.8, 4) is 22.9 Å². The molecular formula is C22H20N4O3S. The van der Waals surface area contributed by atoms with Gasteiger partial charge in [-0.15, -0.1) is 10.2 Å². The Morgan fingerprint density at radius 2 is 1.73 bits per heavy atom. The first-order valence-electron chi connectivity index (χ1n) is 9.42. The molecule has 4 aromatic rings. The normalized spacial score (nSPS) is 10.9. The monoisotopic (exact) mass is 420 g/mol. The number of furan rings is 2. The van der Waals surface area contributed by atoms with Crippen LogP contribution in [0.2, 0.25) is 0 Å². The smallest absolute Gasteiger partial charge is 0.225 e. The number of carbonyl (C=O) groups is 1. The number of carbonyl (C=O) groups excluding carboxylic acids is 1. The number of hydrogen-bond donors (Lipinski definition) is 1. The Morgan fingerprint density at radius 1 is 1.00 bits per heavy atom. The lowest BCUT2D eigenvalue weighted by molar-refractivity contribution is -0.115. The summed E-state index contributed by atoms with van der Waals surface area (Å²) in [7, 11) is 0. The number of anilines is 1. The first-order chi connectivity index (χ1) is 14.6. The van der Waals surface area contributed by atoms with Crippen LogP contribution in [0.25, 0.3) is 22.9 Å². The number of nitrogens with one attached hydrogen (secondary N) is 1. The van der Waals surface area contributed by atoms with Gasteiger partial charge in [0, 0.05) is 17.9 Å². The summed E-state index contributed by atoms with van der Waals surface area (Å²) in [5.41, 5.74) is 4.03. The van der Waals surface area contributed by atoms with E-state index in [1.54, 1.807) is 30.7 Å². The standard InChI is InChI=1S/C22H20N4O3S/c1-14-7-8-15(2)16(13-14)23-19(27)9-12-30-22-24-20(17-5-3-10-28-17)21(25-26-22)18-6-4-11-29-18/h3-8,10-11,13H,9,12H2,1-2H3,(H,23,27). The zero-order chi connectivity index (χ0) is 20.9. The predicted molar refractivity (Wildman–Crippen MR) is 115 cm³/mol. The van der Waals surface area contributed by atoms with Crippen molar-refractivity contribution in [3.63, 3.8) is 0 Å². The highest BCUT2D eigenvalue weighted by Gasteiger charge is 2.18. The Labute approximate surface area is 177 Å². The van der Waals surface area contributed by atoms with Crippen molar-refractivity contribution in [2.75, 3.05) is 11.1 Å². The molecule has 8 heteroatoms. The molecule has 0 aliphatic rings. The van der Waals surface area contributed by atoms with Gasteiger partial charge in [0.25, 0.3) is 0 Å². The Hall–Kier alpha value is -3.39. The van der Waals surface area contributed by atoms with E-state index in [1.807, 2.05) is 38.1 Å². The highest BCUT2D eigenvalue weighted by atomic mass is 32.2. The molecule has 0 saturated carbocycles. The van der Waals surface area contributed by atoms with Gasteiger partial charge in [-0.05, 0) is 55.3 Å². The van der Waals surface area contributed by atoms with Crippen LogP contribution in [-0.2, 0) is 4.79 Å². The first-order valence-corrected chi connectivity index (χ1v) is 10.4. The first kappa shape index (κ1) is 19.9. The van der Waals surface area contributed by atoms with Crippen LogP contribution in [0, 0.1) is 13.8 Å². The third kappa shape index (κ3) is 4.60. The molecule has 0 aliphatic carbocycles.